The third-order valence-electron chi connectivity index (χ3n) is 3.34. The summed E-state index contributed by atoms with van der Waals surface area (Å²) in [5, 5.41) is 2.50. The summed E-state index contributed by atoms with van der Waals surface area (Å²) in [6.45, 7) is 1.79. The maximum Gasteiger partial charge on any atom is 0.416 e. The first-order valence-corrected chi connectivity index (χ1v) is 8.96. The highest BCUT2D eigenvalue weighted by atomic mass is 32.1. The predicted molar refractivity (Wildman–Crippen MR) is 105 cm³/mol. The molecule has 2 rings (SSSR count). The number of benzene rings is 1. The van der Waals surface area contributed by atoms with Crippen molar-refractivity contribution >= 4 is 34.6 Å². The van der Waals surface area contributed by atoms with E-state index in [0.29, 0.717) is 0 Å². The van der Waals surface area contributed by atoms with E-state index in [-0.39, 0.29) is 21.3 Å². The van der Waals surface area contributed by atoms with Crippen molar-refractivity contribution in [1.29, 1.82) is 0 Å². The van der Waals surface area contributed by atoms with Crippen LogP contribution in [0.4, 0.5) is 18.3 Å². The van der Waals surface area contributed by atoms with Crippen LogP contribution in [0.5, 0.6) is 0 Å². The maximum absolute atomic E-state index is 13.0. The molecular formula is C19H16F3N3O3S. The molecule has 0 fully saturated rings. The molecule has 1 N–H and O–H groups in total. The lowest BCUT2D eigenvalue weighted by molar-refractivity contribution is -0.137. The van der Waals surface area contributed by atoms with Crippen LogP contribution < -0.4 is 5.32 Å². The molecule has 0 aliphatic rings. The number of nitrogens with one attached hydrogen (secondary N) is 1. The number of carbonyl (C=O) groups is 2. The molecule has 29 heavy (non-hydrogen) atoms. The van der Waals surface area contributed by atoms with Gasteiger partial charge >= 0.3 is 12.1 Å². The minimum Gasteiger partial charge on any atom is -0.464 e. The number of ether oxygens (including phenoxy) is 1. The van der Waals surface area contributed by atoms with E-state index in [1.165, 1.54) is 36.7 Å². The van der Waals surface area contributed by atoms with Gasteiger partial charge in [-0.2, -0.15) is 13.2 Å². The number of anilines is 1. The average Bonchev–Trinajstić information content (AvgIpc) is 3.10. The molecule has 2 aromatic rings. The van der Waals surface area contributed by atoms with Crippen LogP contribution >= 0.6 is 11.3 Å². The molecule has 0 saturated heterocycles. The second-order valence-corrected chi connectivity index (χ2v) is 6.39. The van der Waals surface area contributed by atoms with Crippen molar-refractivity contribution in [2.24, 2.45) is 4.99 Å². The molecule has 1 amide bonds. The van der Waals surface area contributed by atoms with Gasteiger partial charge in [0.15, 0.2) is 10.8 Å². The quantitative estimate of drug-likeness (QED) is 0.414. The van der Waals surface area contributed by atoms with E-state index in [1.54, 1.807) is 13.0 Å². The number of amides is 1. The van der Waals surface area contributed by atoms with Gasteiger partial charge in [0.2, 0.25) is 5.91 Å². The van der Waals surface area contributed by atoms with Gasteiger partial charge in [-0.3, -0.25) is 15.1 Å². The van der Waals surface area contributed by atoms with E-state index < -0.39 is 23.6 Å². The standard InChI is InChI=1S/C19H16F3N3O3S/c1-3-9-23-10-5-8-14(26)24-18-25-15(17(27)28-2)16(29-18)12-6-4-7-13(11-12)19(20,21)22/h3-11H,1-2H3,(H,24,25,26)/b8-5+,9-3+,23-10+. The smallest absolute Gasteiger partial charge is 0.416 e. The van der Waals surface area contributed by atoms with E-state index in [0.717, 1.165) is 30.6 Å². The zero-order valence-electron chi connectivity index (χ0n) is 15.4. The Labute approximate surface area is 168 Å². The van der Waals surface area contributed by atoms with Crippen LogP contribution in [0, 0.1) is 0 Å². The highest BCUT2D eigenvalue weighted by Crippen LogP contribution is 2.37. The SMILES string of the molecule is C/C=C/N=C/C=C/C(=O)Nc1nc(C(=O)OC)c(-c2cccc(C(F)(F)F)c2)s1. The zero-order chi connectivity index (χ0) is 21.4. The number of methoxy groups -OCH3 is 1. The minimum absolute atomic E-state index is 0.0397. The lowest BCUT2D eigenvalue weighted by atomic mass is 10.1. The second kappa shape index (κ2) is 9.78. The number of rotatable bonds is 6. The highest BCUT2D eigenvalue weighted by Gasteiger charge is 2.31. The van der Waals surface area contributed by atoms with Gasteiger partial charge in [-0.15, -0.1) is 0 Å². The normalized spacial score (nSPS) is 12.2. The predicted octanol–water partition coefficient (Wildman–Crippen LogP) is 4.71. The molecule has 1 aromatic carbocycles. The number of carbonyl (C=O) groups excluding carboxylic acids is 2. The first kappa shape index (κ1) is 22.0. The average molecular weight is 423 g/mol. The van der Waals surface area contributed by atoms with E-state index in [1.807, 2.05) is 0 Å². The van der Waals surface area contributed by atoms with Crippen molar-refractivity contribution in [3.8, 4) is 10.4 Å². The van der Waals surface area contributed by atoms with Gasteiger partial charge < -0.3 is 4.74 Å². The number of nitrogens with zero attached hydrogens (tertiary/aromatic N) is 2. The van der Waals surface area contributed by atoms with Crippen molar-refractivity contribution in [1.82, 2.24) is 4.98 Å². The number of allylic oxidation sites excluding steroid dienone is 2. The third kappa shape index (κ3) is 6.11. The Bertz CT molecular complexity index is 979. The molecule has 0 bridgehead atoms. The summed E-state index contributed by atoms with van der Waals surface area (Å²) in [5.74, 6) is -1.37. The highest BCUT2D eigenvalue weighted by molar-refractivity contribution is 7.19. The molecule has 0 aliphatic carbocycles. The summed E-state index contributed by atoms with van der Waals surface area (Å²) < 4.78 is 43.6. The third-order valence-corrected chi connectivity index (χ3v) is 4.36. The number of hydrogen-bond acceptors (Lipinski definition) is 6. The molecule has 0 aliphatic heterocycles. The van der Waals surface area contributed by atoms with Crippen LogP contribution in [-0.4, -0.2) is 30.2 Å². The topological polar surface area (TPSA) is 80.7 Å². The van der Waals surface area contributed by atoms with Gasteiger partial charge in [0.1, 0.15) is 0 Å². The second-order valence-electron chi connectivity index (χ2n) is 5.40. The largest absolute Gasteiger partial charge is 0.464 e. The summed E-state index contributed by atoms with van der Waals surface area (Å²) in [4.78, 5) is 32.0. The maximum atomic E-state index is 13.0. The summed E-state index contributed by atoms with van der Waals surface area (Å²) in [5.41, 5.74) is -0.925. The first-order valence-electron chi connectivity index (χ1n) is 8.15. The molecule has 1 aromatic heterocycles. The van der Waals surface area contributed by atoms with Crippen LogP contribution in [0.1, 0.15) is 23.0 Å². The number of halogens is 3. The molecule has 0 saturated carbocycles. The summed E-state index contributed by atoms with van der Waals surface area (Å²) >= 11 is 0.861. The van der Waals surface area contributed by atoms with Crippen molar-refractivity contribution in [2.45, 2.75) is 13.1 Å². The van der Waals surface area contributed by atoms with Gasteiger partial charge in [0.05, 0.1) is 17.6 Å². The molecular weight excluding hydrogens is 407 g/mol. The number of esters is 1. The zero-order valence-corrected chi connectivity index (χ0v) is 16.2. The number of hydrogen-bond donors (Lipinski definition) is 1. The van der Waals surface area contributed by atoms with Gasteiger partial charge in [-0.25, -0.2) is 9.78 Å². The Kier molecular flexibility index (Phi) is 7.43. The Balaban J connectivity index is 2.33. The fourth-order valence-electron chi connectivity index (χ4n) is 2.10. The Morgan fingerprint density at radius 1 is 1.31 bits per heavy atom. The van der Waals surface area contributed by atoms with Crippen LogP contribution in [0.3, 0.4) is 0 Å². The van der Waals surface area contributed by atoms with Crippen molar-refractivity contribution in [3.63, 3.8) is 0 Å². The minimum atomic E-state index is -4.54. The van der Waals surface area contributed by atoms with Crippen LogP contribution in [0.2, 0.25) is 0 Å². The van der Waals surface area contributed by atoms with Gasteiger partial charge in [-0.05, 0) is 30.7 Å². The fraction of sp³-hybridized carbons (Fsp3) is 0.158. The number of thiazole rings is 1. The molecule has 10 heteroatoms. The molecule has 1 heterocycles. The van der Waals surface area contributed by atoms with E-state index in [9.17, 15) is 22.8 Å². The number of aromatic nitrogens is 1. The fourth-order valence-corrected chi connectivity index (χ4v) is 3.06. The summed E-state index contributed by atoms with van der Waals surface area (Å²) in [6, 6.07) is 4.47. The van der Waals surface area contributed by atoms with Crippen molar-refractivity contribution in [2.75, 3.05) is 12.4 Å². The molecule has 0 atom stereocenters. The molecule has 6 nitrogen and oxygen atoms in total. The van der Waals surface area contributed by atoms with Gasteiger partial charge in [0, 0.05) is 18.5 Å². The van der Waals surface area contributed by atoms with Crippen LogP contribution in [-0.2, 0) is 15.7 Å². The van der Waals surface area contributed by atoms with Gasteiger partial charge in [-0.1, -0.05) is 29.5 Å². The van der Waals surface area contributed by atoms with E-state index in [2.05, 4.69) is 20.0 Å². The number of aliphatic imine (C=N–C) groups is 1. The van der Waals surface area contributed by atoms with Crippen molar-refractivity contribution < 1.29 is 27.5 Å². The van der Waals surface area contributed by atoms with Crippen LogP contribution in [0.15, 0.2) is 53.7 Å². The Morgan fingerprint density at radius 2 is 2.07 bits per heavy atom. The van der Waals surface area contributed by atoms with Crippen molar-refractivity contribution in [3.05, 3.63) is 60.0 Å². The monoisotopic (exact) mass is 423 g/mol. The molecule has 0 radical (unpaired) electrons. The Morgan fingerprint density at radius 3 is 2.72 bits per heavy atom. The first-order chi connectivity index (χ1) is 13.8. The summed E-state index contributed by atoms with van der Waals surface area (Å²) in [6.07, 6.45) is 2.70. The van der Waals surface area contributed by atoms with E-state index in [4.69, 9.17) is 0 Å². The van der Waals surface area contributed by atoms with Crippen LogP contribution in [0.25, 0.3) is 10.4 Å². The Hall–Kier alpha value is -3.27. The number of alkyl halides is 3. The molecule has 0 spiro atoms. The van der Waals surface area contributed by atoms with Gasteiger partial charge in [0.25, 0.3) is 0 Å². The van der Waals surface area contributed by atoms with E-state index >= 15 is 0 Å². The lowest BCUT2D eigenvalue weighted by Crippen LogP contribution is -2.09. The lowest BCUT2D eigenvalue weighted by Gasteiger charge is -2.08. The molecule has 152 valence electrons. The molecule has 0 unspecified atom stereocenters. The summed E-state index contributed by atoms with van der Waals surface area (Å²) in [7, 11) is 1.13.